The van der Waals surface area contributed by atoms with Crippen molar-refractivity contribution in [3.8, 4) is 46.0 Å². The van der Waals surface area contributed by atoms with Crippen LogP contribution in [0, 0.1) is 0 Å². The minimum absolute atomic E-state index is 0.00823. The maximum absolute atomic E-state index is 14.3. The topological polar surface area (TPSA) is 188 Å². The van der Waals surface area contributed by atoms with Gasteiger partial charge in [0.15, 0.2) is 0 Å². The Morgan fingerprint density at radius 3 is 0.890 bits per heavy atom. The van der Waals surface area contributed by atoms with E-state index < -0.39 is 29.6 Å². The van der Waals surface area contributed by atoms with Gasteiger partial charge in [-0.05, 0) is 94.8 Å². The molecule has 0 heterocycles. The van der Waals surface area contributed by atoms with Gasteiger partial charge < -0.3 is 45.6 Å². The molecule has 0 saturated carbocycles. The Morgan fingerprint density at radius 2 is 0.571 bits per heavy atom. The third kappa shape index (κ3) is 17.0. The Labute approximate surface area is 541 Å². The van der Waals surface area contributed by atoms with Crippen molar-refractivity contribution in [2.45, 2.75) is 250 Å². The summed E-state index contributed by atoms with van der Waals surface area (Å²) >= 11 is 0. The molecule has 0 spiro atoms. The molecule has 0 saturated heterocycles. The van der Waals surface area contributed by atoms with Crippen LogP contribution in [-0.2, 0) is 4.74 Å². The van der Waals surface area contributed by atoms with Gasteiger partial charge in [-0.1, -0.05) is 243 Å². The summed E-state index contributed by atoms with van der Waals surface area (Å²) in [5.74, 6) is -4.57. The molecule has 10 heteroatoms. The summed E-state index contributed by atoms with van der Waals surface area (Å²) in [6.45, 7) is 6.66. The van der Waals surface area contributed by atoms with Gasteiger partial charge >= 0.3 is 5.97 Å². The Kier molecular flexibility index (Phi) is 25.3. The number of benzene rings is 8. The summed E-state index contributed by atoms with van der Waals surface area (Å²) < 4.78 is 6.16. The minimum Gasteiger partial charge on any atom is -0.508 e. The van der Waals surface area contributed by atoms with Crippen LogP contribution < -0.4 is 0 Å². The second kappa shape index (κ2) is 33.8. The molecule has 0 aromatic heterocycles. The summed E-state index contributed by atoms with van der Waals surface area (Å²) in [6.07, 6.45) is 31.6. The first-order chi connectivity index (χ1) is 44.3. The second-order valence-electron chi connectivity index (χ2n) is 26.7. The molecule has 0 amide bonds. The predicted molar refractivity (Wildman–Crippen MR) is 372 cm³/mol. The van der Waals surface area contributed by atoms with Crippen LogP contribution in [0.4, 0.5) is 0 Å². The lowest BCUT2D eigenvalue weighted by Gasteiger charge is -2.29. The van der Waals surface area contributed by atoms with Gasteiger partial charge in [-0.25, -0.2) is 4.79 Å². The molecule has 488 valence electrons. The molecule has 8 bridgehead atoms. The zero-order valence-corrected chi connectivity index (χ0v) is 54.9. The molecule has 91 heavy (non-hydrogen) atoms. The van der Waals surface area contributed by atoms with Crippen molar-refractivity contribution in [1.29, 1.82) is 0 Å². The number of phenols is 8. The first-order valence-corrected chi connectivity index (χ1v) is 35.4. The number of ether oxygens (including phenoxy) is 1. The zero-order valence-electron chi connectivity index (χ0n) is 54.9. The lowest BCUT2D eigenvalue weighted by atomic mass is 9.76. The quantitative estimate of drug-likeness (QED) is 0.0108. The van der Waals surface area contributed by atoms with Crippen LogP contribution in [0.3, 0.4) is 0 Å². The number of hydrogen-bond acceptors (Lipinski definition) is 10. The van der Waals surface area contributed by atoms with E-state index >= 15 is 0 Å². The molecule has 8 aromatic carbocycles. The summed E-state index contributed by atoms with van der Waals surface area (Å²) in [6, 6.07) is 30.9. The van der Waals surface area contributed by atoms with Gasteiger partial charge in [-0.2, -0.15) is 0 Å². The van der Waals surface area contributed by atoms with Gasteiger partial charge in [0.1, 0.15) is 46.0 Å². The summed E-state index contributed by atoms with van der Waals surface area (Å²) in [5.41, 5.74) is 4.08. The third-order valence-corrected chi connectivity index (χ3v) is 20.1. The highest BCUT2D eigenvalue weighted by Crippen LogP contribution is 2.53. The van der Waals surface area contributed by atoms with E-state index in [0.29, 0.717) is 69.3 Å². The second-order valence-corrected chi connectivity index (χ2v) is 26.7. The summed E-state index contributed by atoms with van der Waals surface area (Å²) in [4.78, 5) is 14.3. The molecule has 1 aliphatic rings. The van der Waals surface area contributed by atoms with E-state index in [9.17, 15) is 45.6 Å². The smallest absolute Gasteiger partial charge is 0.338 e. The van der Waals surface area contributed by atoms with E-state index in [-0.39, 0.29) is 65.4 Å². The number of carbonyl (C=O) groups excluding carboxylic acids is 1. The fourth-order valence-electron chi connectivity index (χ4n) is 15.0. The fraction of sp³-hybridized carbons (Fsp3) is 0.494. The molecule has 1 aliphatic carbocycles. The van der Waals surface area contributed by atoms with Crippen LogP contribution >= 0.6 is 0 Å². The minimum atomic E-state index is -0.810. The number of hydrogen-bond donors (Lipinski definition) is 8. The fourth-order valence-corrected chi connectivity index (χ4v) is 15.0. The number of phenolic OH excluding ortho intramolecular Hbond substituents is 8. The van der Waals surface area contributed by atoms with E-state index in [1.165, 1.54) is 108 Å². The molecular weight excluding hydrogens is 1130 g/mol. The van der Waals surface area contributed by atoms with Crippen molar-refractivity contribution in [3.05, 3.63) is 153 Å². The van der Waals surface area contributed by atoms with E-state index in [1.54, 1.807) is 12.1 Å². The first-order valence-electron chi connectivity index (χ1n) is 35.4. The van der Waals surface area contributed by atoms with Gasteiger partial charge in [-0.3, -0.25) is 0 Å². The molecule has 10 nitrogen and oxygen atoms in total. The molecular formula is C81H104O10. The van der Waals surface area contributed by atoms with Crippen molar-refractivity contribution in [1.82, 2.24) is 0 Å². The number of rotatable bonds is 35. The van der Waals surface area contributed by atoms with Gasteiger partial charge in [0.25, 0.3) is 0 Å². The number of fused-ring (bicyclic) bond motifs is 8. The van der Waals surface area contributed by atoms with E-state index in [0.717, 1.165) is 122 Å². The average molecular weight is 1240 g/mol. The normalized spacial score (nSPS) is 15.7. The van der Waals surface area contributed by atoms with Crippen LogP contribution in [-0.4, -0.2) is 53.4 Å². The van der Waals surface area contributed by atoms with Gasteiger partial charge in [-0.15, -0.1) is 0 Å². The van der Waals surface area contributed by atoms with Crippen molar-refractivity contribution >= 4 is 38.3 Å². The highest BCUT2D eigenvalue weighted by molar-refractivity contribution is 6.26. The van der Waals surface area contributed by atoms with Crippen molar-refractivity contribution in [2.75, 3.05) is 6.61 Å². The monoisotopic (exact) mass is 1240 g/mol. The molecule has 0 radical (unpaired) electrons. The number of esters is 1. The largest absolute Gasteiger partial charge is 0.508 e. The molecule has 2 unspecified atom stereocenters. The lowest BCUT2D eigenvalue weighted by molar-refractivity contribution is 0.0499. The summed E-state index contributed by atoms with van der Waals surface area (Å²) in [5, 5.41) is 104. The SMILES string of the molecule is CCCCCCCCCCCC1c2cc(c(O)cc2O)C(CCCCCCCCCCC)c2cc(c(O)cc2O)C(CCCOC(=O)c2ccc3ccc4cccc5ccc2c3c45)c2cc(c(O)cc2O)C(CCCCCCCCCCC)c2cc1c(O)cc2O. The standard InChI is InChI=1S/C81H104O10/c1-4-7-10-13-16-19-22-25-28-35-57-63-46-65(73(84)50-71(63)82)58(36-29-26-23-20-17-14-11-8-5-2)67-48-69(77(88)52-75(67)86)60(38-32-45-91-81(90)62-44-42-56-40-39-54-33-31-34-55-41-43-61(62)80(56)79(54)55)70-49-68(76(87)53-78(70)89)59(66-47-64(57)72(83)51-74(66)85)37-30-27-24-21-18-15-12-9-6-3/h31,33-34,39-44,46-53,57-60,82-89H,4-30,32,35-38,45H2,1-3H3. The first kappa shape index (κ1) is 68.0. The maximum Gasteiger partial charge on any atom is 0.338 e. The van der Waals surface area contributed by atoms with Gasteiger partial charge in [0, 0.05) is 92.4 Å². The van der Waals surface area contributed by atoms with E-state index in [1.807, 2.05) is 42.5 Å². The lowest BCUT2D eigenvalue weighted by Crippen LogP contribution is -2.12. The van der Waals surface area contributed by atoms with Crippen molar-refractivity contribution in [2.24, 2.45) is 0 Å². The average Bonchev–Trinajstić information content (AvgIpc) is 0.781. The maximum atomic E-state index is 14.3. The Bertz CT molecular complexity index is 3460. The van der Waals surface area contributed by atoms with Gasteiger partial charge in [0.2, 0.25) is 0 Å². The van der Waals surface area contributed by atoms with Crippen LogP contribution in [0.5, 0.6) is 46.0 Å². The molecule has 0 fully saturated rings. The van der Waals surface area contributed by atoms with Gasteiger partial charge in [0.05, 0.1) is 12.2 Å². The number of carbonyl (C=O) groups is 1. The van der Waals surface area contributed by atoms with Crippen LogP contribution in [0.25, 0.3) is 32.3 Å². The Balaban J connectivity index is 1.13. The third-order valence-electron chi connectivity index (χ3n) is 20.1. The molecule has 9 rings (SSSR count). The molecule has 0 aliphatic heterocycles. The molecule has 8 aromatic rings. The number of unbranched alkanes of at least 4 members (excludes halogenated alkanes) is 24. The predicted octanol–water partition coefficient (Wildman–Crippen LogP) is 22.5. The van der Waals surface area contributed by atoms with E-state index in [2.05, 4.69) is 45.0 Å². The summed E-state index contributed by atoms with van der Waals surface area (Å²) in [7, 11) is 0. The highest BCUT2D eigenvalue weighted by Gasteiger charge is 2.33. The highest BCUT2D eigenvalue weighted by atomic mass is 16.5. The van der Waals surface area contributed by atoms with Crippen LogP contribution in [0.1, 0.15) is 305 Å². The van der Waals surface area contributed by atoms with E-state index in [4.69, 9.17) is 4.74 Å². The number of aromatic hydroxyl groups is 8. The Morgan fingerprint density at radius 1 is 0.308 bits per heavy atom. The van der Waals surface area contributed by atoms with Crippen molar-refractivity contribution in [3.63, 3.8) is 0 Å². The van der Waals surface area contributed by atoms with Crippen LogP contribution in [0.15, 0.2) is 103 Å². The molecule has 8 N–H and O–H groups in total. The van der Waals surface area contributed by atoms with Crippen LogP contribution in [0.2, 0.25) is 0 Å². The van der Waals surface area contributed by atoms with Crippen molar-refractivity contribution < 1.29 is 50.4 Å². The Hall–Kier alpha value is -7.33. The molecule has 2 atom stereocenters. The zero-order chi connectivity index (χ0) is 64.2.